The molecule has 0 saturated heterocycles. The zero-order valence-corrected chi connectivity index (χ0v) is 17.8. The summed E-state index contributed by atoms with van der Waals surface area (Å²) in [5, 5.41) is 2.77. The average Bonchev–Trinajstić information content (AvgIpc) is 3.01. The van der Waals surface area contributed by atoms with Crippen LogP contribution in [0.3, 0.4) is 0 Å². The minimum Gasteiger partial charge on any atom is -0.454 e. The van der Waals surface area contributed by atoms with Crippen molar-refractivity contribution in [3.8, 4) is 0 Å². The van der Waals surface area contributed by atoms with Crippen LogP contribution >= 0.6 is 0 Å². The van der Waals surface area contributed by atoms with Crippen LogP contribution in [0.2, 0.25) is 0 Å². The van der Waals surface area contributed by atoms with Crippen LogP contribution in [0.4, 0.5) is 0 Å². The van der Waals surface area contributed by atoms with E-state index in [1.165, 1.54) is 0 Å². The van der Waals surface area contributed by atoms with Crippen LogP contribution in [0, 0.1) is 5.92 Å². The van der Waals surface area contributed by atoms with Crippen molar-refractivity contribution in [1.82, 2.24) is 10.2 Å². The molecule has 1 aliphatic heterocycles. The summed E-state index contributed by atoms with van der Waals surface area (Å²) in [7, 11) is 0. The number of carbonyl (C=O) groups is 4. The first-order valence-electron chi connectivity index (χ1n) is 10.3. The molecule has 162 valence electrons. The van der Waals surface area contributed by atoms with E-state index in [1.807, 2.05) is 51.1 Å². The first-order valence-corrected chi connectivity index (χ1v) is 10.3. The number of amides is 3. The van der Waals surface area contributed by atoms with Crippen LogP contribution in [-0.4, -0.2) is 41.2 Å². The van der Waals surface area contributed by atoms with E-state index in [4.69, 9.17) is 4.74 Å². The van der Waals surface area contributed by atoms with E-state index in [2.05, 4.69) is 5.32 Å². The van der Waals surface area contributed by atoms with Gasteiger partial charge in [-0.2, -0.15) is 0 Å². The number of imide groups is 1. The quantitative estimate of drug-likeness (QED) is 0.521. The Balaban J connectivity index is 1.66. The molecule has 1 aliphatic rings. The van der Waals surface area contributed by atoms with Gasteiger partial charge >= 0.3 is 5.97 Å². The molecule has 3 amide bonds. The Labute approximate surface area is 181 Å². The van der Waals surface area contributed by atoms with Gasteiger partial charge in [-0.15, -0.1) is 0 Å². The summed E-state index contributed by atoms with van der Waals surface area (Å²) in [6.07, 6.45) is 0.242. The van der Waals surface area contributed by atoms with Crippen molar-refractivity contribution >= 4 is 23.7 Å². The maximum atomic E-state index is 12.8. The zero-order chi connectivity index (χ0) is 22.5. The first kappa shape index (κ1) is 22.2. The van der Waals surface area contributed by atoms with E-state index in [9.17, 15) is 19.2 Å². The number of fused-ring (bicyclic) bond motifs is 1. The minimum atomic E-state index is -1.09. The molecule has 1 N–H and O–H groups in total. The molecule has 2 atom stereocenters. The van der Waals surface area contributed by atoms with E-state index in [0.29, 0.717) is 0 Å². The number of nitrogens with one attached hydrogen (secondary N) is 1. The molecule has 0 fully saturated rings. The van der Waals surface area contributed by atoms with Gasteiger partial charge < -0.3 is 10.1 Å². The fourth-order valence-electron chi connectivity index (χ4n) is 3.59. The van der Waals surface area contributed by atoms with E-state index < -0.39 is 36.3 Å². The molecule has 1 heterocycles. The highest BCUT2D eigenvalue weighted by Crippen LogP contribution is 2.27. The molecule has 0 aromatic heterocycles. The molecule has 0 unspecified atom stereocenters. The molecule has 2 aromatic rings. The fourth-order valence-corrected chi connectivity index (χ4v) is 3.59. The van der Waals surface area contributed by atoms with Gasteiger partial charge in [-0.3, -0.25) is 19.3 Å². The van der Waals surface area contributed by atoms with Crippen molar-refractivity contribution in [2.45, 2.75) is 39.3 Å². The normalized spacial score (nSPS) is 14.9. The summed E-state index contributed by atoms with van der Waals surface area (Å²) in [6.45, 7) is 5.10. The standard InChI is InChI=1S/C24H26N2O5/c1-15(2)13-20(26-22(28)18-11-7-8-12-19(18)23(26)29)24(30)31-14-21(27)25-16(3)17-9-5-4-6-10-17/h4-12,15-16,20H,13-14H2,1-3H3,(H,25,27)/t16-,20-/m0/s1. The zero-order valence-electron chi connectivity index (χ0n) is 17.8. The Hall–Kier alpha value is -3.48. The lowest BCUT2D eigenvalue weighted by Gasteiger charge is -2.26. The molecule has 2 aromatic carbocycles. The van der Waals surface area contributed by atoms with Gasteiger partial charge in [0, 0.05) is 0 Å². The van der Waals surface area contributed by atoms with Gasteiger partial charge in [0.15, 0.2) is 6.61 Å². The van der Waals surface area contributed by atoms with Gasteiger partial charge in [0.1, 0.15) is 6.04 Å². The Bertz CT molecular complexity index is 951. The van der Waals surface area contributed by atoms with Crippen LogP contribution in [0.1, 0.15) is 59.5 Å². The minimum absolute atomic E-state index is 0.0220. The van der Waals surface area contributed by atoms with E-state index in [1.54, 1.807) is 24.3 Å². The number of ether oxygens (including phenoxy) is 1. The molecule has 31 heavy (non-hydrogen) atoms. The number of rotatable bonds is 8. The molecule has 0 saturated carbocycles. The Morgan fingerprint density at radius 2 is 1.45 bits per heavy atom. The number of esters is 1. The number of nitrogens with zero attached hydrogens (tertiary/aromatic N) is 1. The van der Waals surface area contributed by atoms with Crippen LogP contribution in [0.15, 0.2) is 54.6 Å². The SMILES string of the molecule is CC(C)C[C@@H](C(=O)OCC(=O)N[C@@H](C)c1ccccc1)N1C(=O)c2ccccc2C1=O. The maximum absolute atomic E-state index is 12.8. The second-order valence-electron chi connectivity index (χ2n) is 7.98. The molecule has 0 bridgehead atoms. The van der Waals surface area contributed by atoms with Crippen molar-refractivity contribution in [3.63, 3.8) is 0 Å². The van der Waals surface area contributed by atoms with Gasteiger partial charge in [0.05, 0.1) is 17.2 Å². The predicted molar refractivity (Wildman–Crippen MR) is 114 cm³/mol. The average molecular weight is 422 g/mol. The molecule has 0 radical (unpaired) electrons. The molecular weight excluding hydrogens is 396 g/mol. The first-order chi connectivity index (χ1) is 14.8. The van der Waals surface area contributed by atoms with Crippen molar-refractivity contribution < 1.29 is 23.9 Å². The molecular formula is C24H26N2O5. The highest BCUT2D eigenvalue weighted by atomic mass is 16.5. The summed E-state index contributed by atoms with van der Waals surface area (Å²) < 4.78 is 5.21. The van der Waals surface area contributed by atoms with Crippen molar-refractivity contribution in [3.05, 3.63) is 71.3 Å². The van der Waals surface area contributed by atoms with Gasteiger partial charge in [0.25, 0.3) is 17.7 Å². The Morgan fingerprint density at radius 1 is 0.903 bits per heavy atom. The lowest BCUT2D eigenvalue weighted by atomic mass is 10.0. The van der Waals surface area contributed by atoms with E-state index in [-0.39, 0.29) is 29.5 Å². The summed E-state index contributed by atoms with van der Waals surface area (Å²) in [6, 6.07) is 14.5. The predicted octanol–water partition coefficient (Wildman–Crippen LogP) is 3.12. The van der Waals surface area contributed by atoms with E-state index >= 15 is 0 Å². The van der Waals surface area contributed by atoms with Crippen molar-refractivity contribution in [2.24, 2.45) is 5.92 Å². The summed E-state index contributed by atoms with van der Waals surface area (Å²) in [4.78, 5) is 51.6. The highest BCUT2D eigenvalue weighted by Gasteiger charge is 2.43. The summed E-state index contributed by atoms with van der Waals surface area (Å²) in [5.74, 6) is -2.26. The van der Waals surface area contributed by atoms with Crippen molar-refractivity contribution in [1.29, 1.82) is 0 Å². The van der Waals surface area contributed by atoms with E-state index in [0.717, 1.165) is 10.5 Å². The second kappa shape index (κ2) is 9.55. The summed E-state index contributed by atoms with van der Waals surface area (Å²) >= 11 is 0. The Morgan fingerprint density at radius 3 is 2.00 bits per heavy atom. The molecule has 7 nitrogen and oxygen atoms in total. The van der Waals surface area contributed by atoms with Crippen LogP contribution in [0.5, 0.6) is 0 Å². The number of carbonyl (C=O) groups excluding carboxylic acids is 4. The molecule has 3 rings (SSSR count). The second-order valence-corrected chi connectivity index (χ2v) is 7.98. The third-order valence-electron chi connectivity index (χ3n) is 5.13. The fraction of sp³-hybridized carbons (Fsp3) is 0.333. The van der Waals surface area contributed by atoms with Gasteiger partial charge in [0.2, 0.25) is 0 Å². The molecule has 0 spiro atoms. The third kappa shape index (κ3) is 4.99. The summed E-state index contributed by atoms with van der Waals surface area (Å²) in [5.41, 5.74) is 1.46. The maximum Gasteiger partial charge on any atom is 0.329 e. The van der Waals surface area contributed by atoms with Gasteiger partial charge in [-0.25, -0.2) is 4.79 Å². The Kier molecular flexibility index (Phi) is 6.84. The van der Waals surface area contributed by atoms with Crippen LogP contribution < -0.4 is 5.32 Å². The lowest BCUT2D eigenvalue weighted by molar-refractivity contribution is -0.153. The largest absolute Gasteiger partial charge is 0.454 e. The molecule has 0 aliphatic carbocycles. The van der Waals surface area contributed by atoms with Crippen molar-refractivity contribution in [2.75, 3.05) is 6.61 Å². The number of hydrogen-bond donors (Lipinski definition) is 1. The van der Waals surface area contributed by atoms with Crippen LogP contribution in [0.25, 0.3) is 0 Å². The monoisotopic (exact) mass is 422 g/mol. The van der Waals surface area contributed by atoms with Gasteiger partial charge in [-0.05, 0) is 37.0 Å². The third-order valence-corrected chi connectivity index (χ3v) is 5.13. The highest BCUT2D eigenvalue weighted by molar-refractivity contribution is 6.22. The number of hydrogen-bond acceptors (Lipinski definition) is 5. The van der Waals surface area contributed by atoms with Gasteiger partial charge in [-0.1, -0.05) is 56.3 Å². The lowest BCUT2D eigenvalue weighted by Crippen LogP contribution is -2.47. The smallest absolute Gasteiger partial charge is 0.329 e. The topological polar surface area (TPSA) is 92.8 Å². The van der Waals surface area contributed by atoms with Crippen LogP contribution in [-0.2, 0) is 14.3 Å². The molecule has 7 heteroatoms. The number of benzene rings is 2.